The fourth-order valence-corrected chi connectivity index (χ4v) is 2.78. The summed E-state index contributed by atoms with van der Waals surface area (Å²) >= 11 is 0. The van der Waals surface area contributed by atoms with E-state index in [1.165, 1.54) is 0 Å². The van der Waals surface area contributed by atoms with E-state index in [0.717, 1.165) is 12.1 Å². The number of carbonyl (C=O) groups is 1. The molecule has 3 nitrogen and oxygen atoms in total. The Bertz CT molecular complexity index is 436. The van der Waals surface area contributed by atoms with E-state index >= 15 is 0 Å². The molecular formula is C13H15FN2O. The van der Waals surface area contributed by atoms with E-state index in [0.29, 0.717) is 13.1 Å². The molecular weight excluding hydrogens is 219 g/mol. The van der Waals surface area contributed by atoms with Gasteiger partial charge in [-0.05, 0) is 5.56 Å². The summed E-state index contributed by atoms with van der Waals surface area (Å²) in [4.78, 5) is 13.5. The zero-order chi connectivity index (χ0) is 11.9. The van der Waals surface area contributed by atoms with Crippen molar-refractivity contribution in [2.45, 2.75) is 12.2 Å². The van der Waals surface area contributed by atoms with Crippen molar-refractivity contribution in [1.82, 2.24) is 10.2 Å². The number of nitrogens with one attached hydrogen (secondary N) is 1. The highest BCUT2D eigenvalue weighted by Crippen LogP contribution is 2.35. The van der Waals surface area contributed by atoms with Gasteiger partial charge in [-0.25, -0.2) is 4.39 Å². The molecule has 0 unspecified atom stereocenters. The highest BCUT2D eigenvalue weighted by molar-refractivity contribution is 5.88. The Labute approximate surface area is 99.6 Å². The summed E-state index contributed by atoms with van der Waals surface area (Å²) in [5.74, 6) is -0.614. The number of fused-ring (bicyclic) bond motifs is 1. The maximum atomic E-state index is 14.4. The van der Waals surface area contributed by atoms with Gasteiger partial charge >= 0.3 is 0 Å². The average Bonchev–Trinajstić information content (AvgIpc) is 2.77. The molecule has 2 heterocycles. The van der Waals surface area contributed by atoms with Crippen molar-refractivity contribution in [2.24, 2.45) is 5.92 Å². The van der Waals surface area contributed by atoms with Crippen LogP contribution in [0.2, 0.25) is 0 Å². The number of rotatable bonds is 2. The Hall–Kier alpha value is -1.42. The first-order valence-corrected chi connectivity index (χ1v) is 5.92. The molecule has 2 fully saturated rings. The number of hydrogen-bond donors (Lipinski definition) is 1. The lowest BCUT2D eigenvalue weighted by atomic mass is 9.97. The van der Waals surface area contributed by atoms with Crippen molar-refractivity contribution in [3.63, 3.8) is 0 Å². The van der Waals surface area contributed by atoms with Crippen LogP contribution in [0.25, 0.3) is 0 Å². The molecule has 0 radical (unpaired) electrons. The van der Waals surface area contributed by atoms with Gasteiger partial charge in [0.05, 0.1) is 0 Å². The van der Waals surface area contributed by atoms with Crippen LogP contribution in [0.3, 0.4) is 0 Å². The molecule has 90 valence electrons. The van der Waals surface area contributed by atoms with Crippen molar-refractivity contribution in [3.8, 4) is 0 Å². The Balaban J connectivity index is 1.71. The normalized spacial score (nSPS) is 32.5. The lowest BCUT2D eigenvalue weighted by Crippen LogP contribution is -2.40. The van der Waals surface area contributed by atoms with Gasteiger partial charge in [0.2, 0.25) is 5.67 Å². The fourth-order valence-electron chi connectivity index (χ4n) is 2.78. The predicted molar refractivity (Wildman–Crippen MR) is 62.1 cm³/mol. The molecule has 0 bridgehead atoms. The maximum Gasteiger partial charge on any atom is 0.259 e. The first-order valence-electron chi connectivity index (χ1n) is 5.92. The van der Waals surface area contributed by atoms with Crippen LogP contribution < -0.4 is 5.32 Å². The van der Waals surface area contributed by atoms with Crippen molar-refractivity contribution in [3.05, 3.63) is 35.9 Å². The Morgan fingerprint density at radius 1 is 1.41 bits per heavy atom. The molecule has 2 aliphatic rings. The molecule has 1 N–H and O–H groups in total. The van der Waals surface area contributed by atoms with Gasteiger partial charge in [0, 0.05) is 32.1 Å². The molecule has 1 amide bonds. The van der Waals surface area contributed by atoms with Crippen molar-refractivity contribution in [1.29, 1.82) is 0 Å². The maximum absolute atomic E-state index is 14.4. The third-order valence-electron chi connectivity index (χ3n) is 3.71. The average molecular weight is 234 g/mol. The molecule has 2 saturated heterocycles. The van der Waals surface area contributed by atoms with E-state index in [9.17, 15) is 9.18 Å². The van der Waals surface area contributed by atoms with Crippen LogP contribution in [0.4, 0.5) is 4.39 Å². The number of amides is 1. The monoisotopic (exact) mass is 234 g/mol. The van der Waals surface area contributed by atoms with Crippen LogP contribution in [0, 0.1) is 5.92 Å². The van der Waals surface area contributed by atoms with Gasteiger partial charge in [0.1, 0.15) is 0 Å². The number of nitrogens with zero attached hydrogens (tertiary/aromatic N) is 1. The van der Waals surface area contributed by atoms with Crippen LogP contribution in [-0.2, 0) is 11.3 Å². The summed E-state index contributed by atoms with van der Waals surface area (Å²) in [5, 5.41) is 2.61. The first-order chi connectivity index (χ1) is 8.18. The Morgan fingerprint density at radius 3 is 2.88 bits per heavy atom. The van der Waals surface area contributed by atoms with Crippen LogP contribution in [0.15, 0.2) is 30.3 Å². The number of halogens is 1. The minimum Gasteiger partial charge on any atom is -0.353 e. The fraction of sp³-hybridized carbons (Fsp3) is 0.462. The largest absolute Gasteiger partial charge is 0.353 e. The third kappa shape index (κ3) is 1.72. The Morgan fingerprint density at radius 2 is 2.18 bits per heavy atom. The molecule has 3 rings (SSSR count). The van der Waals surface area contributed by atoms with E-state index in [1.807, 2.05) is 35.2 Å². The highest BCUT2D eigenvalue weighted by atomic mass is 19.1. The number of alkyl halides is 1. The van der Waals surface area contributed by atoms with Gasteiger partial charge in [0.15, 0.2) is 0 Å². The van der Waals surface area contributed by atoms with E-state index < -0.39 is 11.6 Å². The second-order valence-electron chi connectivity index (χ2n) is 4.92. The number of carbonyl (C=O) groups excluding carboxylic acids is 1. The number of benzene rings is 1. The van der Waals surface area contributed by atoms with Gasteiger partial charge in [0.25, 0.3) is 5.91 Å². The van der Waals surface area contributed by atoms with E-state index in [4.69, 9.17) is 0 Å². The molecule has 2 aliphatic heterocycles. The minimum absolute atomic E-state index is 0.182. The lowest BCUT2D eigenvalue weighted by Gasteiger charge is -2.17. The molecule has 4 heteroatoms. The molecule has 0 saturated carbocycles. The summed E-state index contributed by atoms with van der Waals surface area (Å²) in [6, 6.07) is 9.97. The predicted octanol–water partition coefficient (Wildman–Crippen LogP) is 0.956. The van der Waals surface area contributed by atoms with Crippen LogP contribution in [0.5, 0.6) is 0 Å². The quantitative estimate of drug-likeness (QED) is 0.826. The van der Waals surface area contributed by atoms with E-state index in [2.05, 4.69) is 5.32 Å². The van der Waals surface area contributed by atoms with Gasteiger partial charge < -0.3 is 5.32 Å². The third-order valence-corrected chi connectivity index (χ3v) is 3.71. The van der Waals surface area contributed by atoms with Crippen LogP contribution >= 0.6 is 0 Å². The van der Waals surface area contributed by atoms with Gasteiger partial charge in [-0.15, -0.1) is 0 Å². The number of likely N-dealkylation sites (tertiary alicyclic amines) is 1. The number of hydrogen-bond acceptors (Lipinski definition) is 2. The van der Waals surface area contributed by atoms with E-state index in [1.54, 1.807) is 0 Å². The summed E-state index contributed by atoms with van der Waals surface area (Å²) in [5.41, 5.74) is -0.495. The summed E-state index contributed by atoms with van der Waals surface area (Å²) in [7, 11) is 0. The molecule has 1 aromatic carbocycles. The van der Waals surface area contributed by atoms with Crippen molar-refractivity contribution >= 4 is 5.91 Å². The summed E-state index contributed by atoms with van der Waals surface area (Å²) < 4.78 is 14.4. The molecule has 17 heavy (non-hydrogen) atoms. The lowest BCUT2D eigenvalue weighted by molar-refractivity contribution is -0.129. The molecule has 2 atom stereocenters. The summed E-state index contributed by atoms with van der Waals surface area (Å²) in [6.07, 6.45) is 0. The Kier molecular flexibility index (Phi) is 2.40. The highest BCUT2D eigenvalue weighted by Gasteiger charge is 2.56. The van der Waals surface area contributed by atoms with Gasteiger partial charge in [-0.1, -0.05) is 30.3 Å². The minimum atomic E-state index is -1.66. The second kappa shape index (κ2) is 3.81. The standard InChI is InChI=1S/C13H15FN2O/c14-13-9-16(7-10-4-2-1-3-5-10)8-11(13)6-15-12(13)17/h1-5,11H,6-9H2,(H,15,17)/t11-,13-/m1/s1. The zero-order valence-electron chi connectivity index (χ0n) is 9.53. The first kappa shape index (κ1) is 10.7. The molecule has 0 aliphatic carbocycles. The second-order valence-corrected chi connectivity index (χ2v) is 4.92. The summed E-state index contributed by atoms with van der Waals surface area (Å²) in [6.45, 7) is 2.07. The SMILES string of the molecule is O=C1NC[C@@H]2CN(Cc3ccccc3)C[C@]12F. The van der Waals surface area contributed by atoms with E-state index in [-0.39, 0.29) is 12.5 Å². The molecule has 1 aromatic rings. The van der Waals surface area contributed by atoms with Crippen molar-refractivity contribution < 1.29 is 9.18 Å². The topological polar surface area (TPSA) is 32.3 Å². The van der Waals surface area contributed by atoms with Crippen LogP contribution in [0.1, 0.15) is 5.56 Å². The van der Waals surface area contributed by atoms with Crippen molar-refractivity contribution in [2.75, 3.05) is 19.6 Å². The smallest absolute Gasteiger partial charge is 0.259 e. The molecule has 0 aromatic heterocycles. The molecule has 0 spiro atoms. The zero-order valence-corrected chi connectivity index (χ0v) is 9.53. The van der Waals surface area contributed by atoms with Crippen LogP contribution in [-0.4, -0.2) is 36.1 Å². The van der Waals surface area contributed by atoms with Gasteiger partial charge in [-0.3, -0.25) is 9.69 Å². The van der Waals surface area contributed by atoms with Gasteiger partial charge in [-0.2, -0.15) is 0 Å².